The van der Waals surface area contributed by atoms with Gasteiger partial charge in [0.05, 0.1) is 17.4 Å². The van der Waals surface area contributed by atoms with Crippen molar-refractivity contribution in [2.75, 3.05) is 0 Å². The fraction of sp³-hybridized carbons (Fsp3) is 0.125. The lowest BCUT2D eigenvalue weighted by Gasteiger charge is -2.17. The van der Waals surface area contributed by atoms with E-state index in [9.17, 15) is 19.7 Å². The molecule has 1 amide bonds. The number of nitrogens with one attached hydrogen (secondary N) is 1. The molecule has 0 fully saturated rings. The molecule has 0 aliphatic heterocycles. The minimum atomic E-state index is -1.07. The lowest BCUT2D eigenvalue weighted by Crippen LogP contribution is -2.30. The van der Waals surface area contributed by atoms with E-state index < -0.39 is 22.8 Å². The third-order valence-corrected chi connectivity index (χ3v) is 3.55. The van der Waals surface area contributed by atoms with Crippen LogP contribution < -0.4 is 5.32 Å². The Bertz CT molecular complexity index is 759. The van der Waals surface area contributed by atoms with E-state index in [0.29, 0.717) is 10.6 Å². The Balaban J connectivity index is 2.18. The zero-order valence-corrected chi connectivity index (χ0v) is 13.1. The van der Waals surface area contributed by atoms with Crippen LogP contribution >= 0.6 is 11.6 Å². The van der Waals surface area contributed by atoms with Gasteiger partial charge in [-0.05, 0) is 29.8 Å². The summed E-state index contributed by atoms with van der Waals surface area (Å²) in [4.78, 5) is 33.3. The maximum Gasteiger partial charge on any atom is 0.305 e. The van der Waals surface area contributed by atoms with Crippen LogP contribution in [0.3, 0.4) is 0 Å². The van der Waals surface area contributed by atoms with Crippen molar-refractivity contribution < 1.29 is 19.6 Å². The van der Waals surface area contributed by atoms with Crippen LogP contribution in [0, 0.1) is 10.1 Å². The van der Waals surface area contributed by atoms with Gasteiger partial charge in [-0.3, -0.25) is 19.7 Å². The Hall–Kier alpha value is -2.93. The van der Waals surface area contributed by atoms with Gasteiger partial charge in [0.2, 0.25) is 0 Å². The molecule has 1 atom stereocenters. The summed E-state index contributed by atoms with van der Waals surface area (Å²) in [6, 6.07) is 10.8. The van der Waals surface area contributed by atoms with Crippen LogP contribution in [0.1, 0.15) is 28.4 Å². The first-order chi connectivity index (χ1) is 11.4. The second-order valence-corrected chi connectivity index (χ2v) is 5.42. The molecule has 2 aromatic rings. The number of aliphatic carboxylic acids is 1. The van der Waals surface area contributed by atoms with E-state index in [1.165, 1.54) is 24.3 Å². The topological polar surface area (TPSA) is 110 Å². The molecule has 0 saturated heterocycles. The smallest absolute Gasteiger partial charge is 0.305 e. The Morgan fingerprint density at radius 1 is 1.12 bits per heavy atom. The number of carbonyl (C=O) groups excluding carboxylic acids is 1. The summed E-state index contributed by atoms with van der Waals surface area (Å²) in [7, 11) is 0. The summed E-state index contributed by atoms with van der Waals surface area (Å²) < 4.78 is 0. The van der Waals surface area contributed by atoms with Crippen LogP contribution in [0.25, 0.3) is 0 Å². The summed E-state index contributed by atoms with van der Waals surface area (Å²) in [5.74, 6) is -1.59. The lowest BCUT2D eigenvalue weighted by atomic mass is 10.0. The van der Waals surface area contributed by atoms with Gasteiger partial charge in [-0.2, -0.15) is 0 Å². The molecule has 1 unspecified atom stereocenters. The summed E-state index contributed by atoms with van der Waals surface area (Å²) in [5.41, 5.74) is 0.661. The number of non-ortho nitro benzene ring substituents is 1. The number of nitro benzene ring substituents is 1. The molecule has 0 spiro atoms. The fourth-order valence-corrected chi connectivity index (χ4v) is 2.22. The highest BCUT2D eigenvalue weighted by molar-refractivity contribution is 6.30. The molecule has 0 heterocycles. The number of nitrogens with zero attached hydrogens (tertiary/aromatic N) is 1. The van der Waals surface area contributed by atoms with Gasteiger partial charge in [0.1, 0.15) is 0 Å². The van der Waals surface area contributed by atoms with E-state index in [1.54, 1.807) is 24.3 Å². The molecular formula is C16H13ClN2O5. The third kappa shape index (κ3) is 4.53. The maximum atomic E-state index is 12.3. The normalized spacial score (nSPS) is 11.5. The Labute approximate surface area is 142 Å². The average molecular weight is 349 g/mol. The highest BCUT2D eigenvalue weighted by Crippen LogP contribution is 2.20. The molecule has 0 bridgehead atoms. The van der Waals surface area contributed by atoms with Gasteiger partial charge >= 0.3 is 5.97 Å². The molecule has 24 heavy (non-hydrogen) atoms. The predicted molar refractivity (Wildman–Crippen MR) is 87.0 cm³/mol. The van der Waals surface area contributed by atoms with Crippen LogP contribution in [-0.4, -0.2) is 21.9 Å². The molecule has 124 valence electrons. The zero-order valence-electron chi connectivity index (χ0n) is 12.3. The monoisotopic (exact) mass is 348 g/mol. The number of halogens is 1. The second-order valence-electron chi connectivity index (χ2n) is 4.98. The standard InChI is InChI=1S/C16H13ClN2O5/c17-12-5-1-10(2-6-12)14(9-15(20)21)18-16(22)11-3-7-13(8-4-11)19(23)24/h1-8,14H,9H2,(H,18,22)(H,20,21). The Kier molecular flexibility index (Phi) is 5.49. The van der Waals surface area contributed by atoms with Crippen molar-refractivity contribution in [2.45, 2.75) is 12.5 Å². The quantitative estimate of drug-likeness (QED) is 0.615. The molecule has 2 aromatic carbocycles. The second kappa shape index (κ2) is 7.56. The van der Waals surface area contributed by atoms with E-state index in [2.05, 4.69) is 5.32 Å². The van der Waals surface area contributed by atoms with Gasteiger partial charge in [0, 0.05) is 22.7 Å². The van der Waals surface area contributed by atoms with Crippen LogP contribution in [-0.2, 0) is 4.79 Å². The van der Waals surface area contributed by atoms with Crippen LogP contribution in [0.5, 0.6) is 0 Å². The largest absolute Gasteiger partial charge is 0.481 e. The maximum absolute atomic E-state index is 12.3. The minimum Gasteiger partial charge on any atom is -0.481 e. The van der Waals surface area contributed by atoms with Crippen LogP contribution in [0.4, 0.5) is 5.69 Å². The number of benzene rings is 2. The zero-order chi connectivity index (χ0) is 17.7. The summed E-state index contributed by atoms with van der Waals surface area (Å²) in [6.07, 6.45) is -0.305. The molecule has 2 rings (SSSR count). The number of amides is 1. The van der Waals surface area contributed by atoms with Crippen molar-refractivity contribution in [2.24, 2.45) is 0 Å². The first-order valence-corrected chi connectivity index (χ1v) is 7.27. The van der Waals surface area contributed by atoms with E-state index in [1.807, 2.05) is 0 Å². The fourth-order valence-electron chi connectivity index (χ4n) is 2.10. The third-order valence-electron chi connectivity index (χ3n) is 3.30. The minimum absolute atomic E-state index is 0.133. The van der Waals surface area contributed by atoms with E-state index in [-0.39, 0.29) is 17.7 Å². The van der Waals surface area contributed by atoms with Gasteiger partial charge in [-0.25, -0.2) is 0 Å². The number of nitro groups is 1. The Morgan fingerprint density at radius 2 is 1.71 bits per heavy atom. The van der Waals surface area contributed by atoms with Crippen LogP contribution in [0.15, 0.2) is 48.5 Å². The Morgan fingerprint density at radius 3 is 2.21 bits per heavy atom. The molecular weight excluding hydrogens is 336 g/mol. The SMILES string of the molecule is O=C(O)CC(NC(=O)c1ccc([N+](=O)[O-])cc1)c1ccc(Cl)cc1. The highest BCUT2D eigenvalue weighted by atomic mass is 35.5. The first-order valence-electron chi connectivity index (χ1n) is 6.89. The molecule has 0 saturated carbocycles. The van der Waals surface area contributed by atoms with E-state index >= 15 is 0 Å². The van der Waals surface area contributed by atoms with Gasteiger partial charge in [-0.15, -0.1) is 0 Å². The number of carboxylic acids is 1. The predicted octanol–water partition coefficient (Wildman–Crippen LogP) is 3.19. The molecule has 0 aromatic heterocycles. The van der Waals surface area contributed by atoms with Gasteiger partial charge in [0.15, 0.2) is 0 Å². The first kappa shape index (κ1) is 17.4. The van der Waals surface area contributed by atoms with Gasteiger partial charge in [-0.1, -0.05) is 23.7 Å². The summed E-state index contributed by atoms with van der Waals surface area (Å²) >= 11 is 5.81. The summed E-state index contributed by atoms with van der Waals surface area (Å²) in [6.45, 7) is 0. The summed E-state index contributed by atoms with van der Waals surface area (Å²) in [5, 5.41) is 22.8. The van der Waals surface area contributed by atoms with Crippen molar-refractivity contribution in [1.29, 1.82) is 0 Å². The van der Waals surface area contributed by atoms with Crippen LogP contribution in [0.2, 0.25) is 5.02 Å². The molecule has 8 heteroatoms. The van der Waals surface area contributed by atoms with Crippen molar-refractivity contribution in [1.82, 2.24) is 5.32 Å². The number of hydrogen-bond acceptors (Lipinski definition) is 4. The number of hydrogen-bond donors (Lipinski definition) is 2. The van der Waals surface area contributed by atoms with Crippen molar-refractivity contribution in [3.8, 4) is 0 Å². The highest BCUT2D eigenvalue weighted by Gasteiger charge is 2.19. The number of carboxylic acid groups (broad SMARTS) is 1. The van der Waals surface area contributed by atoms with Crippen molar-refractivity contribution in [3.63, 3.8) is 0 Å². The lowest BCUT2D eigenvalue weighted by molar-refractivity contribution is -0.384. The van der Waals surface area contributed by atoms with E-state index in [4.69, 9.17) is 16.7 Å². The van der Waals surface area contributed by atoms with Crippen molar-refractivity contribution in [3.05, 3.63) is 74.8 Å². The average Bonchev–Trinajstić information content (AvgIpc) is 2.54. The molecule has 2 N–H and O–H groups in total. The number of carbonyl (C=O) groups is 2. The number of rotatable bonds is 6. The molecule has 7 nitrogen and oxygen atoms in total. The molecule has 0 aliphatic rings. The van der Waals surface area contributed by atoms with Crippen molar-refractivity contribution >= 4 is 29.2 Å². The van der Waals surface area contributed by atoms with Gasteiger partial charge < -0.3 is 10.4 Å². The molecule has 0 radical (unpaired) electrons. The van der Waals surface area contributed by atoms with Gasteiger partial charge in [0.25, 0.3) is 11.6 Å². The molecule has 0 aliphatic carbocycles. The van der Waals surface area contributed by atoms with E-state index in [0.717, 1.165) is 0 Å².